The molecule has 0 saturated heterocycles. The number of carboxylic acid groups (broad SMARTS) is 1. The Labute approximate surface area is 365 Å². The van der Waals surface area contributed by atoms with Crippen LogP contribution in [-0.4, -0.2) is 51.5 Å². The number of hydrogen-bond donors (Lipinski definition) is 3. The zero-order valence-electron chi connectivity index (χ0n) is 32.6. The molecule has 1 unspecified atom stereocenters. The standard InChI is InChI=1S/C46H37Cl2N5O7S/c1-25-42(61-46(50)51-25)44(55)53-22-33-20-40-39(59-24-41(60-40)31-11-13-34(14-12-31)58-23-28-6-15-35(47)36(48)16-28)19-32(33)18-38(53)43(54)52-37(45(56)57)17-26-2-7-29(8-3-26)30-9-4-27(21-49)5-10-30/h2-16,19-20,37-38,41H,17-18,22-24H2,1H3,(H2,50,51)(H,52,54)(H,56,57)/t37-,38?,41+/m0/s1. The predicted molar refractivity (Wildman–Crippen MR) is 231 cm³/mol. The number of carbonyl (C=O) groups is 3. The number of benzene rings is 5. The monoisotopic (exact) mass is 873 g/mol. The average molecular weight is 875 g/mol. The number of aromatic nitrogens is 1. The van der Waals surface area contributed by atoms with Crippen LogP contribution in [0.15, 0.2) is 103 Å². The van der Waals surface area contributed by atoms with E-state index < -0.39 is 36.0 Å². The van der Waals surface area contributed by atoms with Crippen molar-refractivity contribution in [2.24, 2.45) is 0 Å². The van der Waals surface area contributed by atoms with Crippen LogP contribution in [0.1, 0.15) is 54.9 Å². The Balaban J connectivity index is 0.986. The van der Waals surface area contributed by atoms with E-state index in [1.54, 1.807) is 43.3 Å². The summed E-state index contributed by atoms with van der Waals surface area (Å²) in [7, 11) is 0. The maximum Gasteiger partial charge on any atom is 0.326 e. The zero-order chi connectivity index (χ0) is 42.8. The average Bonchev–Trinajstić information content (AvgIpc) is 3.62. The molecule has 5 aromatic carbocycles. The number of nitrogens with one attached hydrogen (secondary N) is 1. The summed E-state index contributed by atoms with van der Waals surface area (Å²) < 4.78 is 18.6. The largest absolute Gasteiger partial charge is 0.489 e. The van der Waals surface area contributed by atoms with Gasteiger partial charge in [-0.3, -0.25) is 9.59 Å². The number of carboxylic acids is 1. The normalized spacial score (nSPS) is 15.9. The molecule has 6 aromatic rings. The number of amides is 2. The number of carbonyl (C=O) groups excluding carboxylic acids is 2. The van der Waals surface area contributed by atoms with Gasteiger partial charge in [0, 0.05) is 19.4 Å². The highest BCUT2D eigenvalue weighted by molar-refractivity contribution is 7.17. The first-order chi connectivity index (χ1) is 29.4. The minimum Gasteiger partial charge on any atom is -0.489 e. The smallest absolute Gasteiger partial charge is 0.326 e. The summed E-state index contributed by atoms with van der Waals surface area (Å²) >= 11 is 13.2. The van der Waals surface area contributed by atoms with E-state index in [0.717, 1.165) is 44.7 Å². The van der Waals surface area contributed by atoms with Gasteiger partial charge in [0.05, 0.1) is 27.4 Å². The molecule has 2 amide bonds. The van der Waals surface area contributed by atoms with Crippen molar-refractivity contribution in [3.05, 3.63) is 157 Å². The molecule has 8 rings (SSSR count). The van der Waals surface area contributed by atoms with Gasteiger partial charge >= 0.3 is 5.97 Å². The van der Waals surface area contributed by atoms with Crippen LogP contribution in [0.3, 0.4) is 0 Å². The van der Waals surface area contributed by atoms with Crippen LogP contribution >= 0.6 is 34.5 Å². The van der Waals surface area contributed by atoms with Crippen LogP contribution in [0.4, 0.5) is 5.13 Å². The van der Waals surface area contributed by atoms with Crippen molar-refractivity contribution in [1.82, 2.24) is 15.2 Å². The maximum atomic E-state index is 14.2. The van der Waals surface area contributed by atoms with Crippen molar-refractivity contribution in [3.8, 4) is 34.4 Å². The molecule has 3 heterocycles. The van der Waals surface area contributed by atoms with Gasteiger partial charge in [0.2, 0.25) is 5.91 Å². The molecule has 4 N–H and O–H groups in total. The second-order valence-electron chi connectivity index (χ2n) is 14.7. The van der Waals surface area contributed by atoms with E-state index in [4.69, 9.17) is 48.4 Å². The summed E-state index contributed by atoms with van der Waals surface area (Å²) in [4.78, 5) is 46.9. The van der Waals surface area contributed by atoms with E-state index in [1.165, 1.54) is 4.90 Å². The van der Waals surface area contributed by atoms with E-state index in [-0.39, 0.29) is 36.0 Å². The van der Waals surface area contributed by atoms with E-state index in [2.05, 4.69) is 16.4 Å². The van der Waals surface area contributed by atoms with Crippen molar-refractivity contribution in [3.63, 3.8) is 0 Å². The van der Waals surface area contributed by atoms with Gasteiger partial charge in [-0.2, -0.15) is 5.26 Å². The van der Waals surface area contributed by atoms with Crippen LogP contribution in [0.25, 0.3) is 11.1 Å². The summed E-state index contributed by atoms with van der Waals surface area (Å²) in [6.07, 6.45) is -0.335. The highest BCUT2D eigenvalue weighted by Gasteiger charge is 2.39. The van der Waals surface area contributed by atoms with Crippen LogP contribution in [0, 0.1) is 18.3 Å². The summed E-state index contributed by atoms with van der Waals surface area (Å²) in [5.74, 6) is -0.641. The minimum atomic E-state index is -1.28. The van der Waals surface area contributed by atoms with Crippen LogP contribution < -0.4 is 25.3 Å². The first-order valence-electron chi connectivity index (χ1n) is 19.2. The van der Waals surface area contributed by atoms with Gasteiger partial charge in [0.15, 0.2) is 22.7 Å². The number of fused-ring (bicyclic) bond motifs is 2. The fourth-order valence-electron chi connectivity index (χ4n) is 7.36. The minimum absolute atomic E-state index is 0.00476. The molecule has 0 saturated carbocycles. The number of ether oxygens (including phenoxy) is 3. The molecule has 3 atom stereocenters. The lowest BCUT2D eigenvalue weighted by molar-refractivity contribution is -0.142. The number of nitrogen functional groups attached to an aromatic ring is 1. The highest BCUT2D eigenvalue weighted by Crippen LogP contribution is 2.41. The van der Waals surface area contributed by atoms with Crippen molar-refractivity contribution in [2.45, 2.75) is 51.1 Å². The fraction of sp³-hybridized carbons (Fsp3) is 0.196. The first kappa shape index (κ1) is 41.2. The van der Waals surface area contributed by atoms with Crippen molar-refractivity contribution >= 4 is 57.5 Å². The molecular weight excluding hydrogens is 838 g/mol. The fourth-order valence-corrected chi connectivity index (χ4v) is 8.47. The van der Waals surface area contributed by atoms with Crippen molar-refractivity contribution < 1.29 is 33.7 Å². The Hall–Kier alpha value is -6.59. The highest BCUT2D eigenvalue weighted by atomic mass is 35.5. The van der Waals surface area contributed by atoms with Crippen LogP contribution in [0.5, 0.6) is 17.2 Å². The number of aliphatic carboxylic acids is 1. The predicted octanol–water partition coefficient (Wildman–Crippen LogP) is 8.35. The molecule has 2 aliphatic rings. The lowest BCUT2D eigenvalue weighted by Crippen LogP contribution is -2.55. The molecule has 308 valence electrons. The van der Waals surface area contributed by atoms with Gasteiger partial charge in [0.1, 0.15) is 35.9 Å². The molecule has 0 fully saturated rings. The van der Waals surface area contributed by atoms with Crippen molar-refractivity contribution in [2.75, 3.05) is 12.3 Å². The molecule has 0 spiro atoms. The summed E-state index contributed by atoms with van der Waals surface area (Å²) in [6.45, 7) is 2.25. The number of aryl methyl sites for hydroxylation is 1. The summed E-state index contributed by atoms with van der Waals surface area (Å²) in [5.41, 5.74) is 12.7. The number of thiazole rings is 1. The molecular formula is C46H37Cl2N5O7S. The quantitative estimate of drug-likeness (QED) is 0.115. The van der Waals surface area contributed by atoms with Crippen LogP contribution in [-0.2, 0) is 35.6 Å². The van der Waals surface area contributed by atoms with Gasteiger partial charge < -0.3 is 35.3 Å². The van der Waals surface area contributed by atoms with Gasteiger partial charge in [-0.05, 0) is 94.4 Å². The number of nitrogens with zero attached hydrogens (tertiary/aromatic N) is 3. The number of rotatable bonds is 11. The number of hydrogen-bond acceptors (Lipinski definition) is 10. The van der Waals surface area contributed by atoms with Gasteiger partial charge in [0.25, 0.3) is 5.91 Å². The lowest BCUT2D eigenvalue weighted by atomic mass is 9.91. The van der Waals surface area contributed by atoms with Crippen LogP contribution in [0.2, 0.25) is 10.0 Å². The molecule has 12 nitrogen and oxygen atoms in total. The third-order valence-electron chi connectivity index (χ3n) is 10.6. The molecule has 0 bridgehead atoms. The zero-order valence-corrected chi connectivity index (χ0v) is 34.9. The second kappa shape index (κ2) is 17.6. The maximum absolute atomic E-state index is 14.2. The summed E-state index contributed by atoms with van der Waals surface area (Å²) in [5, 5.41) is 23.2. The van der Waals surface area contributed by atoms with E-state index in [9.17, 15) is 19.5 Å². The Kier molecular flexibility index (Phi) is 11.8. The Morgan fingerprint density at radius 2 is 1.64 bits per heavy atom. The van der Waals surface area contributed by atoms with Gasteiger partial charge in [-0.25, -0.2) is 9.78 Å². The summed E-state index contributed by atoms with van der Waals surface area (Å²) in [6, 6.07) is 30.8. The van der Waals surface area contributed by atoms with E-state index in [1.807, 2.05) is 66.7 Å². The Morgan fingerprint density at radius 1 is 0.951 bits per heavy atom. The third-order valence-corrected chi connectivity index (χ3v) is 12.3. The first-order valence-corrected chi connectivity index (χ1v) is 20.8. The SMILES string of the molecule is Cc1nc(N)sc1C(=O)N1Cc2cc3c(cc2CC1C(=O)N[C@@H](Cc1ccc(-c2ccc(C#N)cc2)cc1)C(=O)O)OC[C@H](c1ccc(OCc2ccc(Cl)c(Cl)c2)cc1)O3. The number of anilines is 1. The molecule has 15 heteroatoms. The Morgan fingerprint density at radius 3 is 2.30 bits per heavy atom. The second-order valence-corrected chi connectivity index (χ2v) is 16.5. The molecule has 2 aliphatic heterocycles. The molecule has 1 aromatic heterocycles. The number of nitriles is 1. The molecule has 0 radical (unpaired) electrons. The lowest BCUT2D eigenvalue weighted by Gasteiger charge is -2.37. The van der Waals surface area contributed by atoms with E-state index in [0.29, 0.717) is 50.7 Å². The van der Waals surface area contributed by atoms with Gasteiger partial charge in [-0.15, -0.1) is 0 Å². The number of nitrogens with two attached hydrogens (primary N) is 1. The Bertz CT molecular complexity index is 2680. The number of halogens is 2. The molecule has 0 aliphatic carbocycles. The molecule has 61 heavy (non-hydrogen) atoms. The third kappa shape index (κ3) is 9.12. The van der Waals surface area contributed by atoms with E-state index >= 15 is 0 Å². The van der Waals surface area contributed by atoms with Crippen molar-refractivity contribution in [1.29, 1.82) is 5.26 Å². The van der Waals surface area contributed by atoms with Gasteiger partial charge in [-0.1, -0.05) is 89.1 Å². The topological polar surface area (TPSA) is 177 Å².